The minimum absolute atomic E-state index is 0.0632. The second-order valence-electron chi connectivity index (χ2n) is 7.26. The van der Waals surface area contributed by atoms with Gasteiger partial charge in [0.1, 0.15) is 18.1 Å². The fraction of sp³-hybridized carbons (Fsp3) is 0.261. The number of benzene rings is 1. The molecule has 0 aliphatic carbocycles. The number of aryl methyl sites for hydroxylation is 2. The lowest BCUT2D eigenvalue weighted by molar-refractivity contribution is -0.141. The summed E-state index contributed by atoms with van der Waals surface area (Å²) in [5.74, 6) is 0.679. The third-order valence-corrected chi connectivity index (χ3v) is 4.80. The highest BCUT2D eigenvalue weighted by atomic mass is 19.4. The molecule has 9 heteroatoms. The average molecular weight is 445 g/mol. The normalized spacial score (nSPS) is 11.2. The van der Waals surface area contributed by atoms with Gasteiger partial charge in [-0.3, -0.25) is 15.3 Å². The molecular weight excluding hydrogens is 423 g/mol. The third-order valence-electron chi connectivity index (χ3n) is 4.80. The Kier molecular flexibility index (Phi) is 6.67. The minimum atomic E-state index is -4.55. The number of carbonyl (C=O) groups excluding carboxylic acids is 1. The molecule has 1 amide bonds. The number of carbonyl (C=O) groups is 1. The summed E-state index contributed by atoms with van der Waals surface area (Å²) in [6.45, 7) is 5.40. The lowest BCUT2D eigenvalue weighted by Gasteiger charge is -2.13. The maximum absolute atomic E-state index is 13.0. The summed E-state index contributed by atoms with van der Waals surface area (Å²) in [6, 6.07) is 7.43. The van der Waals surface area contributed by atoms with Crippen LogP contribution in [0.2, 0.25) is 0 Å². The molecule has 0 radical (unpaired) electrons. The van der Waals surface area contributed by atoms with Crippen LogP contribution in [0, 0.1) is 20.8 Å². The molecule has 0 saturated carbocycles. The Bertz CT molecular complexity index is 1150. The molecule has 1 aromatic carbocycles. The van der Waals surface area contributed by atoms with Gasteiger partial charge in [0.2, 0.25) is 0 Å². The first-order chi connectivity index (χ1) is 15.1. The van der Waals surface area contributed by atoms with E-state index in [4.69, 9.17) is 9.47 Å². The quantitative estimate of drug-likeness (QED) is 0.534. The molecule has 0 bridgehead atoms. The van der Waals surface area contributed by atoms with Crippen LogP contribution in [-0.4, -0.2) is 23.2 Å². The number of pyridine rings is 2. The second kappa shape index (κ2) is 9.25. The summed E-state index contributed by atoms with van der Waals surface area (Å²) in [5.41, 5.74) is 3.20. The topological polar surface area (TPSA) is 73.3 Å². The fourth-order valence-electron chi connectivity index (χ4n) is 3.29. The number of ether oxygens (including phenoxy) is 2. The van der Waals surface area contributed by atoms with Crippen LogP contribution >= 0.6 is 0 Å². The third kappa shape index (κ3) is 5.35. The van der Waals surface area contributed by atoms with Crippen molar-refractivity contribution in [1.82, 2.24) is 9.97 Å². The van der Waals surface area contributed by atoms with Crippen LogP contribution in [0.25, 0.3) is 11.1 Å². The van der Waals surface area contributed by atoms with Crippen molar-refractivity contribution in [3.8, 4) is 16.9 Å². The van der Waals surface area contributed by atoms with E-state index in [1.807, 2.05) is 13.8 Å². The Labute approximate surface area is 183 Å². The molecule has 0 unspecified atom stereocenters. The van der Waals surface area contributed by atoms with Gasteiger partial charge in [0.05, 0.1) is 12.8 Å². The molecule has 0 spiro atoms. The molecule has 0 atom stereocenters. The molecule has 0 fully saturated rings. The van der Waals surface area contributed by atoms with Crippen molar-refractivity contribution in [2.24, 2.45) is 0 Å². The van der Waals surface area contributed by atoms with Gasteiger partial charge in [-0.15, -0.1) is 0 Å². The molecule has 2 heterocycles. The van der Waals surface area contributed by atoms with Gasteiger partial charge >= 0.3 is 12.3 Å². The molecule has 168 valence electrons. The predicted octanol–water partition coefficient (Wildman–Crippen LogP) is 5.84. The summed E-state index contributed by atoms with van der Waals surface area (Å²) < 4.78 is 49.6. The smallest absolute Gasteiger partial charge is 0.433 e. The van der Waals surface area contributed by atoms with Crippen molar-refractivity contribution in [2.75, 3.05) is 12.4 Å². The first-order valence-electron chi connectivity index (χ1n) is 9.66. The molecule has 0 aliphatic heterocycles. The van der Waals surface area contributed by atoms with Crippen molar-refractivity contribution >= 4 is 11.8 Å². The first kappa shape index (κ1) is 23.1. The van der Waals surface area contributed by atoms with E-state index in [2.05, 4.69) is 15.3 Å². The first-order valence-corrected chi connectivity index (χ1v) is 9.66. The SMILES string of the molecule is COc1c(C)cnc(COC(=O)Nc2cc(C)cc(-c3ccnc(C(F)(F)F)c3)c2)c1C. The summed E-state index contributed by atoms with van der Waals surface area (Å²) >= 11 is 0. The minimum Gasteiger partial charge on any atom is -0.496 e. The van der Waals surface area contributed by atoms with E-state index in [0.29, 0.717) is 28.3 Å². The van der Waals surface area contributed by atoms with Gasteiger partial charge in [-0.1, -0.05) is 6.07 Å². The van der Waals surface area contributed by atoms with Crippen molar-refractivity contribution in [3.63, 3.8) is 0 Å². The van der Waals surface area contributed by atoms with Gasteiger partial charge in [0.25, 0.3) is 0 Å². The summed E-state index contributed by atoms with van der Waals surface area (Å²) in [5, 5.41) is 2.61. The number of rotatable bonds is 5. The zero-order chi connectivity index (χ0) is 23.5. The summed E-state index contributed by atoms with van der Waals surface area (Å²) in [4.78, 5) is 20.0. The maximum atomic E-state index is 13.0. The van der Waals surface area contributed by atoms with E-state index in [9.17, 15) is 18.0 Å². The number of aromatic nitrogens is 2. The number of nitrogens with zero attached hydrogens (tertiary/aromatic N) is 2. The van der Waals surface area contributed by atoms with Crippen molar-refractivity contribution in [1.29, 1.82) is 0 Å². The van der Waals surface area contributed by atoms with Crippen LogP contribution in [-0.2, 0) is 17.5 Å². The van der Waals surface area contributed by atoms with Crippen molar-refractivity contribution in [2.45, 2.75) is 33.6 Å². The van der Waals surface area contributed by atoms with E-state index < -0.39 is 18.0 Å². The molecule has 3 aromatic rings. The van der Waals surface area contributed by atoms with E-state index in [1.54, 1.807) is 38.4 Å². The highest BCUT2D eigenvalue weighted by molar-refractivity contribution is 5.86. The largest absolute Gasteiger partial charge is 0.496 e. The number of halogens is 3. The van der Waals surface area contributed by atoms with Crippen LogP contribution in [0.15, 0.2) is 42.7 Å². The monoisotopic (exact) mass is 445 g/mol. The molecular formula is C23H22F3N3O3. The van der Waals surface area contributed by atoms with Gasteiger partial charge in [-0.05, 0) is 61.7 Å². The number of hydrogen-bond acceptors (Lipinski definition) is 5. The van der Waals surface area contributed by atoms with Crippen LogP contribution < -0.4 is 10.1 Å². The number of nitrogens with one attached hydrogen (secondary N) is 1. The molecule has 0 aliphatic rings. The maximum Gasteiger partial charge on any atom is 0.433 e. The van der Waals surface area contributed by atoms with Gasteiger partial charge < -0.3 is 9.47 Å². The van der Waals surface area contributed by atoms with E-state index >= 15 is 0 Å². The van der Waals surface area contributed by atoms with Crippen LogP contribution in [0.5, 0.6) is 5.75 Å². The standard InChI is InChI=1S/C23H22F3N3O3/c1-13-7-17(16-5-6-27-20(10-16)23(24,25)26)9-18(8-13)29-22(30)32-12-19-15(3)21(31-4)14(2)11-28-19/h5-11H,12H2,1-4H3,(H,29,30). The number of methoxy groups -OCH3 is 1. The second-order valence-corrected chi connectivity index (χ2v) is 7.26. The average Bonchev–Trinajstić information content (AvgIpc) is 2.72. The molecule has 2 aromatic heterocycles. The van der Waals surface area contributed by atoms with E-state index in [1.165, 1.54) is 6.07 Å². The lowest BCUT2D eigenvalue weighted by atomic mass is 10.0. The Morgan fingerprint density at radius 2 is 1.81 bits per heavy atom. The summed E-state index contributed by atoms with van der Waals surface area (Å²) in [7, 11) is 1.56. The van der Waals surface area contributed by atoms with Gasteiger partial charge in [-0.2, -0.15) is 13.2 Å². The highest BCUT2D eigenvalue weighted by Gasteiger charge is 2.32. The number of hydrogen-bond donors (Lipinski definition) is 1. The molecule has 1 N–H and O–H groups in total. The van der Waals surface area contributed by atoms with Gasteiger partial charge in [0, 0.05) is 29.2 Å². The molecule has 32 heavy (non-hydrogen) atoms. The summed E-state index contributed by atoms with van der Waals surface area (Å²) in [6.07, 6.45) is -2.52. The molecule has 3 rings (SSSR count). The number of amides is 1. The van der Waals surface area contributed by atoms with Crippen LogP contribution in [0.4, 0.5) is 23.7 Å². The van der Waals surface area contributed by atoms with Gasteiger partial charge in [0.15, 0.2) is 0 Å². The Morgan fingerprint density at radius 3 is 2.50 bits per heavy atom. The Hall–Kier alpha value is -3.62. The van der Waals surface area contributed by atoms with Crippen molar-refractivity contribution < 1.29 is 27.4 Å². The van der Waals surface area contributed by atoms with Crippen LogP contribution in [0.3, 0.4) is 0 Å². The predicted molar refractivity (Wildman–Crippen MR) is 113 cm³/mol. The highest BCUT2D eigenvalue weighted by Crippen LogP contribution is 2.32. The van der Waals surface area contributed by atoms with E-state index in [-0.39, 0.29) is 6.61 Å². The zero-order valence-corrected chi connectivity index (χ0v) is 18.0. The Balaban J connectivity index is 1.75. The van der Waals surface area contributed by atoms with Crippen LogP contribution in [0.1, 0.15) is 28.1 Å². The zero-order valence-electron chi connectivity index (χ0n) is 18.0. The molecule has 6 nitrogen and oxygen atoms in total. The molecule has 0 saturated heterocycles. The van der Waals surface area contributed by atoms with Crippen molar-refractivity contribution in [3.05, 3.63) is 70.8 Å². The van der Waals surface area contributed by atoms with Gasteiger partial charge in [-0.25, -0.2) is 4.79 Å². The Morgan fingerprint density at radius 1 is 1.06 bits per heavy atom. The van der Waals surface area contributed by atoms with E-state index in [0.717, 1.165) is 29.0 Å². The number of alkyl halides is 3. The number of anilines is 1. The lowest BCUT2D eigenvalue weighted by Crippen LogP contribution is -2.15. The fourth-order valence-corrected chi connectivity index (χ4v) is 3.29.